The Bertz CT molecular complexity index is 538. The maximum atomic E-state index is 5.86. The molecule has 1 aromatic carbocycles. The van der Waals surface area contributed by atoms with Crippen molar-refractivity contribution in [3.63, 3.8) is 0 Å². The van der Waals surface area contributed by atoms with Crippen molar-refractivity contribution in [3.8, 4) is 11.5 Å². The zero-order chi connectivity index (χ0) is 15.1. The summed E-state index contributed by atoms with van der Waals surface area (Å²) >= 11 is 0. The molecule has 5 heteroatoms. The molecule has 0 saturated carbocycles. The summed E-state index contributed by atoms with van der Waals surface area (Å²) in [6, 6.07) is 7.67. The summed E-state index contributed by atoms with van der Waals surface area (Å²) in [5, 5.41) is 7.08. The van der Waals surface area contributed by atoms with Crippen LogP contribution in [0.15, 0.2) is 35.0 Å². The summed E-state index contributed by atoms with van der Waals surface area (Å²) in [5.74, 6) is 2.75. The summed E-state index contributed by atoms with van der Waals surface area (Å²) in [6.07, 6.45) is 1.60. The van der Waals surface area contributed by atoms with Crippen LogP contribution in [0.4, 0.5) is 0 Å². The van der Waals surface area contributed by atoms with Crippen molar-refractivity contribution in [3.05, 3.63) is 41.8 Å². The second-order valence-corrected chi connectivity index (χ2v) is 5.24. The molecule has 21 heavy (non-hydrogen) atoms. The Balaban J connectivity index is 2.07. The Kier molecular flexibility index (Phi) is 5.63. The van der Waals surface area contributed by atoms with Crippen LogP contribution in [0.3, 0.4) is 0 Å². The molecule has 0 aliphatic heterocycles. The van der Waals surface area contributed by atoms with Crippen LogP contribution < -0.4 is 14.8 Å². The summed E-state index contributed by atoms with van der Waals surface area (Å²) in [7, 11) is 1.64. The summed E-state index contributed by atoms with van der Waals surface area (Å²) in [4.78, 5) is 0. The molecule has 0 spiro atoms. The van der Waals surface area contributed by atoms with Crippen molar-refractivity contribution >= 4 is 0 Å². The molecule has 0 unspecified atom stereocenters. The molecule has 1 heterocycles. The quantitative estimate of drug-likeness (QED) is 0.810. The number of nitrogens with one attached hydrogen (secondary N) is 1. The maximum Gasteiger partial charge on any atom is 0.174 e. The summed E-state index contributed by atoms with van der Waals surface area (Å²) < 4.78 is 16.3. The number of para-hydroxylation sites is 1. The Morgan fingerprint density at radius 3 is 2.81 bits per heavy atom. The van der Waals surface area contributed by atoms with Gasteiger partial charge >= 0.3 is 0 Å². The number of methoxy groups -OCH3 is 1. The minimum absolute atomic E-state index is 0.331. The van der Waals surface area contributed by atoms with Crippen molar-refractivity contribution < 1.29 is 14.0 Å². The van der Waals surface area contributed by atoms with Gasteiger partial charge in [0.05, 0.1) is 13.3 Å². The van der Waals surface area contributed by atoms with Crippen LogP contribution in [0.1, 0.15) is 25.2 Å². The van der Waals surface area contributed by atoms with Crippen molar-refractivity contribution in [2.24, 2.45) is 5.92 Å². The van der Waals surface area contributed by atoms with Crippen LogP contribution in [0.5, 0.6) is 11.5 Å². The summed E-state index contributed by atoms with van der Waals surface area (Å²) in [5.41, 5.74) is 1.06. The lowest BCUT2D eigenvalue weighted by Gasteiger charge is -2.15. The third-order valence-electron chi connectivity index (χ3n) is 3.00. The standard InChI is InChI=1S/C16H22N2O3/c1-12(2)9-17-10-13-5-4-6-15(19-3)16(13)20-11-14-7-8-18-21-14/h4-8,12,17H,9-11H2,1-3H3. The van der Waals surface area contributed by atoms with Gasteiger partial charge in [0, 0.05) is 18.2 Å². The molecule has 2 aromatic rings. The van der Waals surface area contributed by atoms with Crippen LogP contribution in [-0.4, -0.2) is 18.8 Å². The molecule has 0 aliphatic rings. The lowest BCUT2D eigenvalue weighted by atomic mass is 10.1. The highest BCUT2D eigenvalue weighted by atomic mass is 16.5. The van der Waals surface area contributed by atoms with E-state index in [9.17, 15) is 0 Å². The Morgan fingerprint density at radius 1 is 1.29 bits per heavy atom. The van der Waals surface area contributed by atoms with Crippen LogP contribution in [0.25, 0.3) is 0 Å². The van der Waals surface area contributed by atoms with Crippen LogP contribution in [-0.2, 0) is 13.2 Å². The molecule has 1 aromatic heterocycles. The van der Waals surface area contributed by atoms with Crippen LogP contribution >= 0.6 is 0 Å². The van der Waals surface area contributed by atoms with Crippen molar-refractivity contribution in [1.29, 1.82) is 0 Å². The van der Waals surface area contributed by atoms with Crippen LogP contribution in [0, 0.1) is 5.92 Å². The van der Waals surface area contributed by atoms with E-state index < -0.39 is 0 Å². The molecule has 0 radical (unpaired) electrons. The first kappa shape index (κ1) is 15.4. The van der Waals surface area contributed by atoms with Gasteiger partial charge in [0.25, 0.3) is 0 Å². The van der Waals surface area contributed by atoms with Gasteiger partial charge in [0.1, 0.15) is 6.61 Å². The first-order chi connectivity index (χ1) is 10.2. The normalized spacial score (nSPS) is 10.9. The topological polar surface area (TPSA) is 56.5 Å². The van der Waals surface area contributed by atoms with E-state index in [2.05, 4.69) is 24.3 Å². The number of rotatable bonds is 8. The molecule has 1 N–H and O–H groups in total. The second-order valence-electron chi connectivity index (χ2n) is 5.24. The zero-order valence-corrected chi connectivity index (χ0v) is 12.8. The number of hydrogen-bond donors (Lipinski definition) is 1. The molecular weight excluding hydrogens is 268 g/mol. The predicted octanol–water partition coefficient (Wildman–Crippen LogP) is 3.01. The molecular formula is C16H22N2O3. The Hall–Kier alpha value is -2.01. The molecule has 0 bridgehead atoms. The average molecular weight is 290 g/mol. The molecule has 2 rings (SSSR count). The van der Waals surface area contributed by atoms with Gasteiger partial charge in [-0.2, -0.15) is 0 Å². The highest BCUT2D eigenvalue weighted by molar-refractivity contribution is 5.46. The molecule has 0 saturated heterocycles. The first-order valence-electron chi connectivity index (χ1n) is 7.09. The van der Waals surface area contributed by atoms with Gasteiger partial charge in [-0.15, -0.1) is 0 Å². The monoisotopic (exact) mass is 290 g/mol. The van der Waals surface area contributed by atoms with E-state index in [4.69, 9.17) is 14.0 Å². The van der Waals surface area contributed by atoms with E-state index in [0.717, 1.165) is 30.2 Å². The fraction of sp³-hybridized carbons (Fsp3) is 0.438. The fourth-order valence-corrected chi connectivity index (χ4v) is 1.98. The number of nitrogens with zero attached hydrogens (tertiary/aromatic N) is 1. The van der Waals surface area contributed by atoms with Crippen molar-refractivity contribution in [1.82, 2.24) is 10.5 Å². The van der Waals surface area contributed by atoms with Gasteiger partial charge in [-0.3, -0.25) is 0 Å². The van der Waals surface area contributed by atoms with Gasteiger partial charge in [0.2, 0.25) is 0 Å². The fourth-order valence-electron chi connectivity index (χ4n) is 1.98. The van der Waals surface area contributed by atoms with Gasteiger partial charge in [-0.05, 0) is 18.5 Å². The zero-order valence-electron chi connectivity index (χ0n) is 12.8. The number of hydrogen-bond acceptors (Lipinski definition) is 5. The SMILES string of the molecule is COc1cccc(CNCC(C)C)c1OCc1ccno1. The van der Waals surface area contributed by atoms with Crippen molar-refractivity contribution in [2.75, 3.05) is 13.7 Å². The average Bonchev–Trinajstić information content (AvgIpc) is 2.98. The lowest BCUT2D eigenvalue weighted by molar-refractivity contribution is 0.236. The van der Waals surface area contributed by atoms with E-state index in [-0.39, 0.29) is 0 Å². The van der Waals surface area contributed by atoms with E-state index in [1.807, 2.05) is 18.2 Å². The van der Waals surface area contributed by atoms with Gasteiger partial charge in [0.15, 0.2) is 17.3 Å². The molecule has 0 amide bonds. The third kappa shape index (κ3) is 4.49. The predicted molar refractivity (Wildman–Crippen MR) is 80.4 cm³/mol. The van der Waals surface area contributed by atoms with Crippen LogP contribution in [0.2, 0.25) is 0 Å². The Morgan fingerprint density at radius 2 is 2.14 bits per heavy atom. The number of ether oxygens (including phenoxy) is 2. The second kappa shape index (κ2) is 7.69. The minimum Gasteiger partial charge on any atom is -0.493 e. The Labute approximate surface area is 125 Å². The number of aromatic nitrogens is 1. The van der Waals surface area contributed by atoms with Gasteiger partial charge in [-0.25, -0.2) is 0 Å². The smallest absolute Gasteiger partial charge is 0.174 e. The lowest BCUT2D eigenvalue weighted by Crippen LogP contribution is -2.19. The van der Waals surface area contributed by atoms with Gasteiger partial charge in [-0.1, -0.05) is 31.1 Å². The van der Waals surface area contributed by atoms with E-state index in [1.165, 1.54) is 0 Å². The van der Waals surface area contributed by atoms with Crippen molar-refractivity contribution in [2.45, 2.75) is 27.0 Å². The molecule has 5 nitrogen and oxygen atoms in total. The maximum absolute atomic E-state index is 5.86. The molecule has 0 atom stereocenters. The first-order valence-corrected chi connectivity index (χ1v) is 7.09. The highest BCUT2D eigenvalue weighted by Gasteiger charge is 2.11. The molecule has 0 fully saturated rings. The van der Waals surface area contributed by atoms with E-state index >= 15 is 0 Å². The summed E-state index contributed by atoms with van der Waals surface area (Å²) in [6.45, 7) is 6.39. The minimum atomic E-state index is 0.331. The molecule has 114 valence electrons. The van der Waals surface area contributed by atoms with E-state index in [1.54, 1.807) is 19.4 Å². The highest BCUT2D eigenvalue weighted by Crippen LogP contribution is 2.31. The molecule has 0 aliphatic carbocycles. The third-order valence-corrected chi connectivity index (χ3v) is 3.00. The van der Waals surface area contributed by atoms with Gasteiger partial charge < -0.3 is 19.3 Å². The number of benzene rings is 1. The largest absolute Gasteiger partial charge is 0.493 e. The van der Waals surface area contributed by atoms with E-state index in [0.29, 0.717) is 18.3 Å².